The Balaban J connectivity index is 1.23. The summed E-state index contributed by atoms with van der Waals surface area (Å²) in [5.74, 6) is 1.15. The molecule has 5 heteroatoms. The van der Waals surface area contributed by atoms with E-state index in [1.54, 1.807) is 11.3 Å². The van der Waals surface area contributed by atoms with Gasteiger partial charge in [0.15, 0.2) is 5.78 Å². The largest absolute Gasteiger partial charge is 0.492 e. The normalized spacial score (nSPS) is 15.9. The van der Waals surface area contributed by atoms with Gasteiger partial charge in [0.1, 0.15) is 12.4 Å². The van der Waals surface area contributed by atoms with Crippen LogP contribution in [-0.4, -0.2) is 61.5 Å². The number of ether oxygens (including phenoxy) is 1. The Bertz CT molecular complexity index is 885. The fourth-order valence-corrected chi connectivity index (χ4v) is 4.43. The summed E-state index contributed by atoms with van der Waals surface area (Å²) in [6.45, 7) is 5.95. The third kappa shape index (κ3) is 4.56. The van der Waals surface area contributed by atoms with Crippen LogP contribution in [0.2, 0.25) is 0 Å². The van der Waals surface area contributed by atoms with Gasteiger partial charge in [0.2, 0.25) is 0 Å². The van der Waals surface area contributed by atoms with Crippen molar-refractivity contribution >= 4 is 27.2 Å². The van der Waals surface area contributed by atoms with Crippen molar-refractivity contribution in [2.45, 2.75) is 0 Å². The molecule has 2 aromatic carbocycles. The van der Waals surface area contributed by atoms with Crippen LogP contribution in [0.25, 0.3) is 10.1 Å². The van der Waals surface area contributed by atoms with E-state index in [1.165, 1.54) is 4.70 Å². The Morgan fingerprint density at radius 3 is 2.44 bits per heavy atom. The number of hydrogen-bond acceptors (Lipinski definition) is 5. The molecule has 2 heterocycles. The number of piperazine rings is 1. The summed E-state index contributed by atoms with van der Waals surface area (Å²) in [6.07, 6.45) is 0. The van der Waals surface area contributed by atoms with Crippen LogP contribution in [0.15, 0.2) is 60.0 Å². The van der Waals surface area contributed by atoms with Gasteiger partial charge in [-0.05, 0) is 18.2 Å². The first kappa shape index (κ1) is 18.2. The van der Waals surface area contributed by atoms with E-state index in [4.69, 9.17) is 4.74 Å². The lowest BCUT2D eigenvalue weighted by Crippen LogP contribution is -2.48. The summed E-state index contributed by atoms with van der Waals surface area (Å²) in [7, 11) is 0. The second-order valence-electron chi connectivity index (χ2n) is 6.85. The summed E-state index contributed by atoms with van der Waals surface area (Å²) < 4.78 is 6.97. The molecule has 0 amide bonds. The maximum absolute atomic E-state index is 12.7. The minimum absolute atomic E-state index is 0.230. The van der Waals surface area contributed by atoms with E-state index in [-0.39, 0.29) is 5.78 Å². The number of ketones is 1. The van der Waals surface area contributed by atoms with E-state index in [1.807, 2.05) is 53.9 Å². The van der Waals surface area contributed by atoms with Gasteiger partial charge in [-0.25, -0.2) is 0 Å². The van der Waals surface area contributed by atoms with Crippen LogP contribution in [0.5, 0.6) is 5.75 Å². The summed E-state index contributed by atoms with van der Waals surface area (Å²) in [5, 5.41) is 3.09. The van der Waals surface area contributed by atoms with E-state index < -0.39 is 0 Å². The molecule has 4 rings (SSSR count). The molecule has 0 saturated carbocycles. The number of carbonyl (C=O) groups is 1. The van der Waals surface area contributed by atoms with Gasteiger partial charge in [0.05, 0.1) is 6.54 Å². The van der Waals surface area contributed by atoms with Crippen molar-refractivity contribution in [1.82, 2.24) is 9.80 Å². The molecule has 140 valence electrons. The highest BCUT2D eigenvalue weighted by Gasteiger charge is 2.20. The van der Waals surface area contributed by atoms with E-state index in [9.17, 15) is 4.79 Å². The van der Waals surface area contributed by atoms with E-state index >= 15 is 0 Å². The molecule has 1 saturated heterocycles. The van der Waals surface area contributed by atoms with E-state index in [0.29, 0.717) is 13.2 Å². The van der Waals surface area contributed by atoms with Gasteiger partial charge in [-0.1, -0.05) is 36.4 Å². The fourth-order valence-electron chi connectivity index (χ4n) is 3.46. The Morgan fingerprint density at radius 2 is 1.63 bits per heavy atom. The summed E-state index contributed by atoms with van der Waals surface area (Å²) in [4.78, 5) is 17.4. The minimum atomic E-state index is 0.230. The Kier molecular flexibility index (Phi) is 5.82. The average molecular weight is 381 g/mol. The maximum Gasteiger partial charge on any atom is 0.178 e. The topological polar surface area (TPSA) is 32.8 Å². The first-order valence-electron chi connectivity index (χ1n) is 9.41. The van der Waals surface area contributed by atoms with Crippen molar-refractivity contribution in [3.8, 4) is 5.75 Å². The van der Waals surface area contributed by atoms with Crippen LogP contribution in [0.3, 0.4) is 0 Å². The first-order valence-corrected chi connectivity index (χ1v) is 10.3. The zero-order valence-electron chi connectivity index (χ0n) is 15.3. The van der Waals surface area contributed by atoms with E-state index in [0.717, 1.165) is 49.4 Å². The SMILES string of the molecule is O=C(CN1CCN(CCOc2ccccc2)CC1)c1csc2ccccc12. The van der Waals surface area contributed by atoms with Crippen LogP contribution < -0.4 is 4.74 Å². The standard InChI is InChI=1S/C22H24N2O2S/c25-21(20-17-27-22-9-5-4-8-19(20)22)16-24-12-10-23(11-13-24)14-15-26-18-6-2-1-3-7-18/h1-9,17H,10-16H2. The van der Waals surface area contributed by atoms with Crippen molar-refractivity contribution in [2.24, 2.45) is 0 Å². The lowest BCUT2D eigenvalue weighted by Gasteiger charge is -2.34. The lowest BCUT2D eigenvalue weighted by molar-refractivity contribution is 0.0832. The smallest absolute Gasteiger partial charge is 0.178 e. The molecule has 1 aliphatic heterocycles. The molecule has 1 fully saturated rings. The summed E-state index contributed by atoms with van der Waals surface area (Å²) >= 11 is 1.65. The monoisotopic (exact) mass is 380 g/mol. The molecule has 0 spiro atoms. The van der Waals surface area contributed by atoms with Gasteiger partial charge < -0.3 is 4.74 Å². The Morgan fingerprint density at radius 1 is 0.926 bits per heavy atom. The predicted octanol–water partition coefficient (Wildman–Crippen LogP) is 3.78. The zero-order valence-corrected chi connectivity index (χ0v) is 16.2. The second-order valence-corrected chi connectivity index (χ2v) is 7.76. The Labute approximate surface area is 164 Å². The second kappa shape index (κ2) is 8.65. The minimum Gasteiger partial charge on any atom is -0.492 e. The van der Waals surface area contributed by atoms with Gasteiger partial charge in [-0.15, -0.1) is 11.3 Å². The quantitative estimate of drug-likeness (QED) is 0.584. The summed E-state index contributed by atoms with van der Waals surface area (Å²) in [6, 6.07) is 18.1. The molecule has 1 aliphatic rings. The van der Waals surface area contributed by atoms with Crippen molar-refractivity contribution in [2.75, 3.05) is 45.9 Å². The number of thiophene rings is 1. The van der Waals surface area contributed by atoms with Crippen molar-refractivity contribution in [3.63, 3.8) is 0 Å². The number of carbonyl (C=O) groups excluding carboxylic acids is 1. The molecular weight excluding hydrogens is 356 g/mol. The number of nitrogens with zero attached hydrogens (tertiary/aromatic N) is 2. The third-order valence-corrected chi connectivity index (χ3v) is 6.00. The first-order chi connectivity index (χ1) is 13.3. The lowest BCUT2D eigenvalue weighted by atomic mass is 10.1. The number of hydrogen-bond donors (Lipinski definition) is 0. The molecule has 3 aromatic rings. The molecule has 0 radical (unpaired) electrons. The number of fused-ring (bicyclic) bond motifs is 1. The van der Waals surface area contributed by atoms with Crippen LogP contribution >= 0.6 is 11.3 Å². The molecular formula is C22H24N2O2S. The number of Topliss-reactive ketones (excluding diaryl/α,β-unsaturated/α-hetero) is 1. The van der Waals surface area contributed by atoms with Gasteiger partial charge in [-0.2, -0.15) is 0 Å². The van der Waals surface area contributed by atoms with Gasteiger partial charge in [0.25, 0.3) is 0 Å². The van der Waals surface area contributed by atoms with Gasteiger partial charge in [-0.3, -0.25) is 14.6 Å². The van der Waals surface area contributed by atoms with Crippen LogP contribution in [0.4, 0.5) is 0 Å². The molecule has 0 bridgehead atoms. The summed E-state index contributed by atoms with van der Waals surface area (Å²) in [5.41, 5.74) is 0.870. The highest BCUT2D eigenvalue weighted by molar-refractivity contribution is 7.17. The number of benzene rings is 2. The van der Waals surface area contributed by atoms with Crippen LogP contribution in [0, 0.1) is 0 Å². The molecule has 0 aliphatic carbocycles. The zero-order chi connectivity index (χ0) is 18.5. The maximum atomic E-state index is 12.7. The molecule has 1 aromatic heterocycles. The van der Waals surface area contributed by atoms with Gasteiger partial charge >= 0.3 is 0 Å². The molecule has 0 N–H and O–H groups in total. The predicted molar refractivity (Wildman–Crippen MR) is 111 cm³/mol. The number of rotatable bonds is 7. The molecule has 0 atom stereocenters. The highest BCUT2D eigenvalue weighted by Crippen LogP contribution is 2.26. The van der Waals surface area contributed by atoms with E-state index in [2.05, 4.69) is 15.9 Å². The third-order valence-electron chi connectivity index (χ3n) is 5.03. The van der Waals surface area contributed by atoms with Crippen molar-refractivity contribution in [1.29, 1.82) is 0 Å². The number of para-hydroxylation sites is 1. The molecule has 0 unspecified atom stereocenters. The average Bonchev–Trinajstić information content (AvgIpc) is 3.14. The highest BCUT2D eigenvalue weighted by atomic mass is 32.1. The van der Waals surface area contributed by atoms with Crippen molar-refractivity contribution in [3.05, 3.63) is 65.5 Å². The Hall–Kier alpha value is -2.21. The molecule has 4 nitrogen and oxygen atoms in total. The van der Waals surface area contributed by atoms with Crippen LogP contribution in [-0.2, 0) is 0 Å². The van der Waals surface area contributed by atoms with Gasteiger partial charge in [0, 0.05) is 53.8 Å². The fraction of sp³-hybridized carbons (Fsp3) is 0.318. The molecule has 27 heavy (non-hydrogen) atoms. The van der Waals surface area contributed by atoms with Crippen LogP contribution in [0.1, 0.15) is 10.4 Å². The van der Waals surface area contributed by atoms with Crippen molar-refractivity contribution < 1.29 is 9.53 Å².